The molecule has 0 aromatic heterocycles. The fraction of sp³-hybridized carbons (Fsp3) is 0.625. The fourth-order valence-electron chi connectivity index (χ4n) is 3.98. The van der Waals surface area contributed by atoms with Crippen LogP contribution in [0.2, 0.25) is 5.02 Å². The number of nitrogens with two attached hydrogens (primary N) is 2. The lowest BCUT2D eigenvalue weighted by atomic mass is 9.68. The van der Waals surface area contributed by atoms with Crippen LogP contribution in [0.1, 0.15) is 44.9 Å². The summed E-state index contributed by atoms with van der Waals surface area (Å²) in [4.78, 5) is 2.04. The molecule has 1 aliphatic heterocycles. The second-order valence-corrected chi connectivity index (χ2v) is 6.96. The van der Waals surface area contributed by atoms with Crippen molar-refractivity contribution in [1.29, 1.82) is 0 Å². The lowest BCUT2D eigenvalue weighted by Crippen LogP contribution is -2.41. The van der Waals surface area contributed by atoms with Crippen molar-refractivity contribution in [2.75, 3.05) is 29.5 Å². The molecule has 1 aromatic carbocycles. The summed E-state index contributed by atoms with van der Waals surface area (Å²) in [6.45, 7) is 1.70. The van der Waals surface area contributed by atoms with Gasteiger partial charge in [0.15, 0.2) is 5.82 Å². The zero-order valence-electron chi connectivity index (χ0n) is 12.3. The number of hydrogen-bond acceptors (Lipinski definition) is 3. The van der Waals surface area contributed by atoms with E-state index < -0.39 is 5.82 Å². The molecule has 116 valence electrons. The molecule has 1 aromatic rings. The minimum atomic E-state index is -0.478. The summed E-state index contributed by atoms with van der Waals surface area (Å²) in [6, 6.07) is 1.56. The summed E-state index contributed by atoms with van der Waals surface area (Å²) in [7, 11) is 0. The van der Waals surface area contributed by atoms with Crippen LogP contribution in [-0.4, -0.2) is 13.1 Å². The summed E-state index contributed by atoms with van der Waals surface area (Å²) in [5.74, 6) is -0.478. The van der Waals surface area contributed by atoms with Crippen LogP contribution < -0.4 is 16.4 Å². The van der Waals surface area contributed by atoms with Crippen LogP contribution >= 0.6 is 11.6 Å². The van der Waals surface area contributed by atoms with E-state index in [2.05, 4.69) is 0 Å². The molecule has 4 N–H and O–H groups in total. The lowest BCUT2D eigenvalue weighted by Gasteiger charge is -2.45. The van der Waals surface area contributed by atoms with Gasteiger partial charge in [-0.2, -0.15) is 0 Å². The van der Waals surface area contributed by atoms with Gasteiger partial charge in [-0.25, -0.2) is 4.39 Å². The number of hydrogen-bond donors (Lipinski definition) is 2. The number of halogens is 2. The van der Waals surface area contributed by atoms with E-state index in [1.807, 2.05) is 4.90 Å². The molecule has 0 amide bonds. The zero-order valence-corrected chi connectivity index (χ0v) is 13.1. The van der Waals surface area contributed by atoms with Crippen LogP contribution in [0.25, 0.3) is 0 Å². The minimum Gasteiger partial charge on any atom is -0.397 e. The van der Waals surface area contributed by atoms with Crippen LogP contribution in [0.4, 0.5) is 21.5 Å². The largest absolute Gasteiger partial charge is 0.397 e. The third kappa shape index (κ3) is 2.66. The molecule has 3 rings (SSSR count). The Labute approximate surface area is 130 Å². The maximum absolute atomic E-state index is 14.4. The second-order valence-electron chi connectivity index (χ2n) is 6.58. The summed E-state index contributed by atoms with van der Waals surface area (Å²) >= 11 is 5.93. The maximum Gasteiger partial charge on any atom is 0.169 e. The molecular weight excluding hydrogens is 289 g/mol. The molecule has 5 heteroatoms. The Morgan fingerprint density at radius 3 is 2.24 bits per heavy atom. The molecule has 0 radical (unpaired) electrons. The van der Waals surface area contributed by atoms with E-state index >= 15 is 0 Å². The lowest BCUT2D eigenvalue weighted by molar-refractivity contribution is 0.144. The number of benzene rings is 1. The van der Waals surface area contributed by atoms with Gasteiger partial charge in [0.1, 0.15) is 5.02 Å². The van der Waals surface area contributed by atoms with Crippen molar-refractivity contribution in [3.63, 3.8) is 0 Å². The first-order valence-corrected chi connectivity index (χ1v) is 8.18. The van der Waals surface area contributed by atoms with E-state index in [4.69, 9.17) is 23.1 Å². The monoisotopic (exact) mass is 311 g/mol. The van der Waals surface area contributed by atoms with Gasteiger partial charge in [0, 0.05) is 13.1 Å². The Bertz CT molecular complexity index is 531. The number of piperidine rings is 1. The van der Waals surface area contributed by atoms with Crippen molar-refractivity contribution in [1.82, 2.24) is 0 Å². The Hall–Kier alpha value is -1.16. The predicted molar refractivity (Wildman–Crippen MR) is 87.2 cm³/mol. The van der Waals surface area contributed by atoms with Gasteiger partial charge in [-0.15, -0.1) is 0 Å². The molecule has 1 saturated heterocycles. The molecule has 1 aliphatic carbocycles. The summed E-state index contributed by atoms with van der Waals surface area (Å²) in [5, 5.41) is -0.0165. The van der Waals surface area contributed by atoms with Crippen molar-refractivity contribution < 1.29 is 4.39 Å². The van der Waals surface area contributed by atoms with Crippen molar-refractivity contribution in [3.05, 3.63) is 16.9 Å². The molecule has 1 heterocycles. The number of rotatable bonds is 1. The van der Waals surface area contributed by atoms with Crippen LogP contribution in [-0.2, 0) is 0 Å². The summed E-state index contributed by atoms with van der Waals surface area (Å²) in [6.07, 6.45) is 8.92. The van der Waals surface area contributed by atoms with Crippen molar-refractivity contribution >= 4 is 28.7 Å². The number of nitrogens with zero attached hydrogens (tertiary/aromatic N) is 1. The highest BCUT2D eigenvalue weighted by atomic mass is 35.5. The molecular formula is C16H23ClFN3. The van der Waals surface area contributed by atoms with Gasteiger partial charge in [0.25, 0.3) is 0 Å². The van der Waals surface area contributed by atoms with Crippen LogP contribution in [0.3, 0.4) is 0 Å². The maximum atomic E-state index is 14.4. The van der Waals surface area contributed by atoms with Gasteiger partial charge in [0.2, 0.25) is 0 Å². The molecule has 0 bridgehead atoms. The van der Waals surface area contributed by atoms with Gasteiger partial charge in [-0.3, -0.25) is 0 Å². The second kappa shape index (κ2) is 5.56. The summed E-state index contributed by atoms with van der Waals surface area (Å²) in [5.41, 5.74) is 13.1. The Kier molecular flexibility index (Phi) is 3.91. The third-order valence-electron chi connectivity index (χ3n) is 5.29. The van der Waals surface area contributed by atoms with Gasteiger partial charge in [0.05, 0.1) is 17.1 Å². The van der Waals surface area contributed by atoms with Crippen molar-refractivity contribution in [3.8, 4) is 0 Å². The highest BCUT2D eigenvalue weighted by Crippen LogP contribution is 2.46. The van der Waals surface area contributed by atoms with Gasteiger partial charge < -0.3 is 16.4 Å². The average molecular weight is 312 g/mol. The van der Waals surface area contributed by atoms with Crippen LogP contribution in [0.15, 0.2) is 6.07 Å². The first-order valence-electron chi connectivity index (χ1n) is 7.80. The van der Waals surface area contributed by atoms with Gasteiger partial charge in [-0.05, 0) is 37.2 Å². The van der Waals surface area contributed by atoms with Crippen molar-refractivity contribution in [2.24, 2.45) is 5.41 Å². The smallest absolute Gasteiger partial charge is 0.169 e. The quantitative estimate of drug-likeness (QED) is 0.764. The van der Waals surface area contributed by atoms with Crippen LogP contribution in [0, 0.1) is 11.2 Å². The topological polar surface area (TPSA) is 55.3 Å². The molecule has 3 nitrogen and oxygen atoms in total. The normalized spacial score (nSPS) is 21.7. The molecule has 21 heavy (non-hydrogen) atoms. The first kappa shape index (κ1) is 14.8. The Morgan fingerprint density at radius 2 is 1.62 bits per heavy atom. The fourth-order valence-corrected chi connectivity index (χ4v) is 4.13. The SMILES string of the molecule is Nc1cc(N)c(N2CCC3(CCCCC3)CC2)c(F)c1Cl. The van der Waals surface area contributed by atoms with E-state index in [-0.39, 0.29) is 10.7 Å². The molecule has 2 fully saturated rings. The van der Waals surface area contributed by atoms with Crippen LogP contribution in [0.5, 0.6) is 0 Å². The van der Waals surface area contributed by atoms with Gasteiger partial charge in [-0.1, -0.05) is 30.9 Å². The van der Waals surface area contributed by atoms with Gasteiger partial charge >= 0.3 is 0 Å². The predicted octanol–water partition coefficient (Wildman–Crippen LogP) is 4.19. The minimum absolute atomic E-state index is 0.0165. The van der Waals surface area contributed by atoms with E-state index in [9.17, 15) is 4.39 Å². The third-order valence-corrected chi connectivity index (χ3v) is 5.68. The first-order chi connectivity index (χ1) is 10.0. The molecule has 2 aliphatic rings. The molecule has 1 spiro atoms. The summed E-state index contributed by atoms with van der Waals surface area (Å²) < 4.78 is 14.4. The zero-order chi connectivity index (χ0) is 15.0. The van der Waals surface area contributed by atoms with E-state index in [0.717, 1.165) is 25.9 Å². The average Bonchev–Trinajstić information content (AvgIpc) is 2.48. The highest BCUT2D eigenvalue weighted by Gasteiger charge is 2.36. The standard InChI is InChI=1S/C16H23ClFN3/c17-13-11(19)10-12(20)15(14(13)18)21-8-6-16(7-9-21)4-2-1-3-5-16/h10H,1-9,19-20H2. The highest BCUT2D eigenvalue weighted by molar-refractivity contribution is 6.33. The molecule has 0 unspecified atom stereocenters. The Balaban J connectivity index is 1.80. The van der Waals surface area contributed by atoms with E-state index in [0.29, 0.717) is 16.8 Å². The molecule has 1 saturated carbocycles. The number of nitrogen functional groups attached to an aromatic ring is 2. The van der Waals surface area contributed by atoms with Crippen molar-refractivity contribution in [2.45, 2.75) is 44.9 Å². The Morgan fingerprint density at radius 1 is 1.00 bits per heavy atom. The van der Waals surface area contributed by atoms with E-state index in [1.165, 1.54) is 32.1 Å². The molecule has 0 atom stereocenters. The van der Waals surface area contributed by atoms with E-state index in [1.54, 1.807) is 6.07 Å². The number of anilines is 3.